The van der Waals surface area contributed by atoms with E-state index in [1.54, 1.807) is 12.1 Å². The van der Waals surface area contributed by atoms with Gasteiger partial charge in [0.15, 0.2) is 0 Å². The summed E-state index contributed by atoms with van der Waals surface area (Å²) in [5.41, 5.74) is 3.95. The third kappa shape index (κ3) is 5.13. The Morgan fingerprint density at radius 2 is 1.72 bits per heavy atom. The number of amides is 1. The fraction of sp³-hybridized carbons (Fsp3) is 0.200. The van der Waals surface area contributed by atoms with Crippen molar-refractivity contribution in [2.75, 3.05) is 20.7 Å². The summed E-state index contributed by atoms with van der Waals surface area (Å²) in [7, 11) is 3.57. The molecule has 0 unspecified atom stereocenters. The number of fused-ring (bicyclic) bond motifs is 1. The van der Waals surface area contributed by atoms with Gasteiger partial charge in [0.05, 0.1) is 25.4 Å². The molecule has 1 aliphatic rings. The molecule has 0 saturated heterocycles. The summed E-state index contributed by atoms with van der Waals surface area (Å²) in [4.78, 5) is 15.5. The van der Waals surface area contributed by atoms with E-state index in [0.717, 1.165) is 33.5 Å². The van der Waals surface area contributed by atoms with Crippen LogP contribution in [-0.2, 0) is 11.3 Å². The second kappa shape index (κ2) is 10.5. The quantitative estimate of drug-likeness (QED) is 0.300. The number of hydrogen-bond acceptors (Lipinski definition) is 4. The second-order valence-electron chi connectivity index (χ2n) is 9.10. The van der Waals surface area contributed by atoms with Crippen molar-refractivity contribution in [3.05, 3.63) is 113 Å². The summed E-state index contributed by atoms with van der Waals surface area (Å²) in [6, 6.07) is 30.0. The van der Waals surface area contributed by atoms with Crippen molar-refractivity contribution in [2.45, 2.75) is 19.0 Å². The molecule has 1 amide bonds. The lowest BCUT2D eigenvalue weighted by Crippen LogP contribution is -2.36. The lowest BCUT2D eigenvalue weighted by atomic mass is 9.97. The van der Waals surface area contributed by atoms with E-state index in [1.165, 1.54) is 5.39 Å². The van der Waals surface area contributed by atoms with E-state index >= 15 is 0 Å². The third-order valence-corrected chi connectivity index (χ3v) is 6.92. The van der Waals surface area contributed by atoms with Gasteiger partial charge >= 0.3 is 0 Å². The Kier molecular flexibility index (Phi) is 7.03. The van der Waals surface area contributed by atoms with Crippen LogP contribution in [0.2, 0.25) is 5.02 Å². The molecule has 5 nitrogen and oxygen atoms in total. The number of halogens is 1. The van der Waals surface area contributed by atoms with Crippen molar-refractivity contribution in [3.63, 3.8) is 0 Å². The molecule has 0 N–H and O–H groups in total. The first-order valence-corrected chi connectivity index (χ1v) is 12.3. The minimum Gasteiger partial charge on any atom is -0.497 e. The highest BCUT2D eigenvalue weighted by Crippen LogP contribution is 2.34. The normalized spacial score (nSPS) is 15.4. The maximum atomic E-state index is 13.5. The summed E-state index contributed by atoms with van der Waals surface area (Å²) >= 11 is 6.33. The Balaban J connectivity index is 1.42. The smallest absolute Gasteiger partial charge is 0.257 e. The standard InChI is InChI=1S/C30H28ClN3O2/c1-33(19-25-9-5-6-10-27(25)31)20-30(35)34-29(22-13-15-26(36-2)16-14-22)18-28(32-34)24-12-11-21-7-3-4-8-23(21)17-24/h3-17,29H,18-20H2,1-2H3/t29-/m1/s1. The highest BCUT2D eigenvalue weighted by molar-refractivity contribution is 6.31. The Bertz CT molecular complexity index is 1420. The van der Waals surface area contributed by atoms with Crippen LogP contribution in [0.4, 0.5) is 0 Å². The highest BCUT2D eigenvalue weighted by atomic mass is 35.5. The van der Waals surface area contributed by atoms with Gasteiger partial charge in [0.2, 0.25) is 0 Å². The van der Waals surface area contributed by atoms with Gasteiger partial charge in [0, 0.05) is 18.0 Å². The van der Waals surface area contributed by atoms with Gasteiger partial charge in [-0.05, 0) is 58.8 Å². The lowest BCUT2D eigenvalue weighted by Gasteiger charge is -2.25. The van der Waals surface area contributed by atoms with Crippen LogP contribution in [0.15, 0.2) is 96.1 Å². The van der Waals surface area contributed by atoms with Gasteiger partial charge in [0.1, 0.15) is 5.75 Å². The number of nitrogens with zero attached hydrogens (tertiary/aromatic N) is 3. The summed E-state index contributed by atoms with van der Waals surface area (Å²) in [6.07, 6.45) is 0.643. The van der Waals surface area contributed by atoms with Gasteiger partial charge in [-0.1, -0.05) is 78.3 Å². The van der Waals surface area contributed by atoms with Crippen molar-refractivity contribution in [3.8, 4) is 5.75 Å². The molecule has 1 atom stereocenters. The van der Waals surface area contributed by atoms with Crippen molar-refractivity contribution < 1.29 is 9.53 Å². The number of methoxy groups -OCH3 is 1. The van der Waals surface area contributed by atoms with E-state index in [4.69, 9.17) is 21.4 Å². The first kappa shape index (κ1) is 24.0. The van der Waals surface area contributed by atoms with Gasteiger partial charge in [-0.25, -0.2) is 5.01 Å². The zero-order valence-corrected chi connectivity index (χ0v) is 21.2. The molecule has 6 heteroatoms. The molecule has 182 valence electrons. The molecule has 36 heavy (non-hydrogen) atoms. The summed E-state index contributed by atoms with van der Waals surface area (Å²) in [5, 5.41) is 9.54. The topological polar surface area (TPSA) is 45.1 Å². The minimum absolute atomic E-state index is 0.0545. The number of rotatable bonds is 7. The largest absolute Gasteiger partial charge is 0.497 e. The number of carbonyl (C=O) groups excluding carboxylic acids is 1. The fourth-order valence-electron chi connectivity index (χ4n) is 4.65. The first-order chi connectivity index (χ1) is 17.5. The van der Waals surface area contributed by atoms with E-state index in [1.807, 2.05) is 72.6 Å². The van der Waals surface area contributed by atoms with E-state index < -0.39 is 0 Å². The van der Waals surface area contributed by atoms with E-state index in [0.29, 0.717) is 18.0 Å². The van der Waals surface area contributed by atoms with Crippen LogP contribution in [-0.4, -0.2) is 42.2 Å². The zero-order chi connectivity index (χ0) is 25.1. The molecule has 0 aromatic heterocycles. The fourth-order valence-corrected chi connectivity index (χ4v) is 4.84. The average Bonchev–Trinajstić information content (AvgIpc) is 3.35. The molecule has 0 saturated carbocycles. The Morgan fingerprint density at radius 1 is 1.00 bits per heavy atom. The Morgan fingerprint density at radius 3 is 2.47 bits per heavy atom. The number of ether oxygens (including phenoxy) is 1. The maximum absolute atomic E-state index is 13.5. The van der Waals surface area contributed by atoms with E-state index in [9.17, 15) is 4.79 Å². The molecule has 0 spiro atoms. The van der Waals surface area contributed by atoms with Crippen LogP contribution in [0, 0.1) is 0 Å². The zero-order valence-electron chi connectivity index (χ0n) is 20.4. The molecule has 5 rings (SSSR count). The maximum Gasteiger partial charge on any atom is 0.257 e. The van der Waals surface area contributed by atoms with Gasteiger partial charge in [-0.15, -0.1) is 0 Å². The van der Waals surface area contributed by atoms with Gasteiger partial charge in [-0.3, -0.25) is 9.69 Å². The molecule has 0 aliphatic carbocycles. The number of benzene rings is 4. The van der Waals surface area contributed by atoms with Crippen LogP contribution in [0.25, 0.3) is 10.8 Å². The predicted octanol–water partition coefficient (Wildman–Crippen LogP) is 6.31. The van der Waals surface area contributed by atoms with Gasteiger partial charge < -0.3 is 4.74 Å². The summed E-state index contributed by atoms with van der Waals surface area (Å²) in [5.74, 6) is 0.728. The van der Waals surface area contributed by atoms with Crippen molar-refractivity contribution in [2.24, 2.45) is 5.10 Å². The van der Waals surface area contributed by atoms with Gasteiger partial charge in [0.25, 0.3) is 5.91 Å². The molecule has 0 bridgehead atoms. The Hall–Kier alpha value is -3.67. The van der Waals surface area contributed by atoms with Crippen LogP contribution < -0.4 is 4.74 Å². The molecular weight excluding hydrogens is 470 g/mol. The van der Waals surface area contributed by atoms with Crippen LogP contribution in [0.3, 0.4) is 0 Å². The molecule has 4 aromatic rings. The average molecular weight is 498 g/mol. The molecule has 1 heterocycles. The van der Waals surface area contributed by atoms with Crippen LogP contribution in [0.1, 0.15) is 29.2 Å². The van der Waals surface area contributed by atoms with Crippen LogP contribution >= 0.6 is 11.6 Å². The molecule has 4 aromatic carbocycles. The summed E-state index contributed by atoms with van der Waals surface area (Å²) in [6.45, 7) is 0.806. The number of carbonyl (C=O) groups is 1. The highest BCUT2D eigenvalue weighted by Gasteiger charge is 2.33. The van der Waals surface area contributed by atoms with E-state index in [-0.39, 0.29) is 18.5 Å². The van der Waals surface area contributed by atoms with Gasteiger partial charge in [-0.2, -0.15) is 5.10 Å². The molecule has 0 radical (unpaired) electrons. The summed E-state index contributed by atoms with van der Waals surface area (Å²) < 4.78 is 5.33. The van der Waals surface area contributed by atoms with E-state index in [2.05, 4.69) is 30.3 Å². The van der Waals surface area contributed by atoms with Crippen LogP contribution in [0.5, 0.6) is 5.75 Å². The van der Waals surface area contributed by atoms with Crippen molar-refractivity contribution in [1.82, 2.24) is 9.91 Å². The molecule has 1 aliphatic heterocycles. The second-order valence-corrected chi connectivity index (χ2v) is 9.51. The number of hydrogen-bond donors (Lipinski definition) is 0. The van der Waals surface area contributed by atoms with Crippen molar-refractivity contribution in [1.29, 1.82) is 0 Å². The molecular formula is C30H28ClN3O2. The SMILES string of the molecule is COc1ccc([C@H]2CC(c3ccc4ccccc4c3)=NN2C(=O)CN(C)Cc2ccccc2Cl)cc1. The Labute approximate surface area is 216 Å². The number of likely N-dealkylation sites (N-methyl/N-ethyl adjacent to an activating group) is 1. The minimum atomic E-state index is -0.182. The predicted molar refractivity (Wildman–Crippen MR) is 145 cm³/mol. The molecule has 0 fully saturated rings. The van der Waals surface area contributed by atoms with Crippen molar-refractivity contribution >= 4 is 34.0 Å². The number of hydrazone groups is 1. The lowest BCUT2D eigenvalue weighted by molar-refractivity contribution is -0.134. The third-order valence-electron chi connectivity index (χ3n) is 6.55. The monoisotopic (exact) mass is 497 g/mol. The first-order valence-electron chi connectivity index (χ1n) is 12.0.